The molecule has 1 aromatic carbocycles. The van der Waals surface area contributed by atoms with Gasteiger partial charge in [-0.3, -0.25) is 4.79 Å². The lowest BCUT2D eigenvalue weighted by Crippen LogP contribution is -2.40. The van der Waals surface area contributed by atoms with Crippen molar-refractivity contribution in [2.75, 3.05) is 6.61 Å². The molecule has 0 heterocycles. The second kappa shape index (κ2) is 7.94. The number of benzene rings is 1. The maximum atomic E-state index is 13.0. The predicted octanol–water partition coefficient (Wildman–Crippen LogP) is 3.31. The Labute approximate surface area is 130 Å². The van der Waals surface area contributed by atoms with Crippen LogP contribution in [-0.2, 0) is 15.7 Å². The van der Waals surface area contributed by atoms with Crippen molar-refractivity contribution < 1.29 is 31.9 Å². The minimum atomic E-state index is -4.89. The summed E-state index contributed by atoms with van der Waals surface area (Å²) in [7, 11) is 0. The maximum absolute atomic E-state index is 13.0. The van der Waals surface area contributed by atoms with E-state index in [4.69, 9.17) is 4.74 Å². The molecule has 1 unspecified atom stereocenters. The zero-order valence-electron chi connectivity index (χ0n) is 12.7. The van der Waals surface area contributed by atoms with Crippen LogP contribution in [0.1, 0.15) is 42.6 Å². The Bertz CT molecular complexity index is 572. The van der Waals surface area contributed by atoms with Crippen LogP contribution in [0.5, 0.6) is 0 Å². The second-order valence-corrected chi connectivity index (χ2v) is 4.90. The average molecular weight is 335 g/mol. The van der Waals surface area contributed by atoms with Crippen molar-refractivity contribution in [2.45, 2.75) is 38.9 Å². The Morgan fingerprint density at radius 1 is 1.30 bits per heavy atom. The predicted molar refractivity (Wildman–Crippen MR) is 74.2 cm³/mol. The number of ether oxygens (including phenoxy) is 1. The molecule has 23 heavy (non-hydrogen) atoms. The fourth-order valence-corrected chi connectivity index (χ4v) is 1.72. The molecule has 1 rings (SSSR count). The van der Waals surface area contributed by atoms with Gasteiger partial charge in [0, 0.05) is 0 Å². The van der Waals surface area contributed by atoms with Crippen LogP contribution >= 0.6 is 0 Å². The molecule has 0 radical (unpaired) electrons. The molecule has 1 aromatic rings. The van der Waals surface area contributed by atoms with Crippen LogP contribution < -0.4 is 5.32 Å². The molecular weight excluding hydrogens is 318 g/mol. The molecule has 0 saturated heterocycles. The van der Waals surface area contributed by atoms with Gasteiger partial charge in [-0.25, -0.2) is 9.18 Å². The van der Waals surface area contributed by atoms with Gasteiger partial charge in [0.1, 0.15) is 11.9 Å². The average Bonchev–Trinajstić information content (AvgIpc) is 2.46. The van der Waals surface area contributed by atoms with Crippen LogP contribution in [0.3, 0.4) is 0 Å². The van der Waals surface area contributed by atoms with E-state index in [-0.39, 0.29) is 12.7 Å². The number of amides is 1. The maximum Gasteiger partial charge on any atom is 0.417 e. The molecule has 1 N–H and O–H groups in total. The number of rotatable bonds is 6. The van der Waals surface area contributed by atoms with E-state index in [1.165, 1.54) is 6.92 Å². The number of hydrogen-bond acceptors (Lipinski definition) is 3. The standard InChI is InChI=1S/C15H17F4NO3/c1-3-4-7-23-14(22)9(2)20-13(21)11-6-5-10(16)8-12(11)15(17,18)19/h5-6,8-9H,3-4,7H2,1-2H3,(H,20,21). The van der Waals surface area contributed by atoms with Gasteiger partial charge in [-0.1, -0.05) is 13.3 Å². The molecule has 0 aromatic heterocycles. The third-order valence-electron chi connectivity index (χ3n) is 2.98. The number of alkyl halides is 3. The minimum absolute atomic E-state index is 0.167. The van der Waals surface area contributed by atoms with E-state index in [1.54, 1.807) is 0 Å². The summed E-state index contributed by atoms with van der Waals surface area (Å²) in [5.41, 5.74) is -2.16. The normalized spacial score (nSPS) is 12.6. The second-order valence-electron chi connectivity index (χ2n) is 4.90. The van der Waals surface area contributed by atoms with Gasteiger partial charge >= 0.3 is 12.1 Å². The summed E-state index contributed by atoms with van der Waals surface area (Å²) >= 11 is 0. The van der Waals surface area contributed by atoms with Crippen LogP contribution in [-0.4, -0.2) is 24.5 Å². The molecule has 0 fully saturated rings. The lowest BCUT2D eigenvalue weighted by Gasteiger charge is -2.16. The molecule has 0 saturated carbocycles. The van der Waals surface area contributed by atoms with E-state index in [2.05, 4.69) is 5.32 Å². The fraction of sp³-hybridized carbons (Fsp3) is 0.467. The highest BCUT2D eigenvalue weighted by molar-refractivity contribution is 5.98. The van der Waals surface area contributed by atoms with Crippen molar-refractivity contribution in [3.05, 3.63) is 35.1 Å². The molecule has 4 nitrogen and oxygen atoms in total. The fourth-order valence-electron chi connectivity index (χ4n) is 1.72. The van der Waals surface area contributed by atoms with Gasteiger partial charge in [0.25, 0.3) is 5.91 Å². The first-order chi connectivity index (χ1) is 10.7. The first kappa shape index (κ1) is 18.9. The number of carbonyl (C=O) groups is 2. The van der Waals surface area contributed by atoms with Gasteiger partial charge in [-0.05, 0) is 31.5 Å². The number of unbranched alkanes of at least 4 members (excludes halogenated alkanes) is 1. The summed E-state index contributed by atoms with van der Waals surface area (Å²) in [5.74, 6) is -2.99. The van der Waals surface area contributed by atoms with E-state index >= 15 is 0 Å². The highest BCUT2D eigenvalue weighted by atomic mass is 19.4. The summed E-state index contributed by atoms with van der Waals surface area (Å²) in [4.78, 5) is 23.5. The van der Waals surface area contributed by atoms with Crippen molar-refractivity contribution in [2.24, 2.45) is 0 Å². The van der Waals surface area contributed by atoms with Crippen molar-refractivity contribution in [3.63, 3.8) is 0 Å². The summed E-state index contributed by atoms with van der Waals surface area (Å²) in [6, 6.07) is 0.585. The van der Waals surface area contributed by atoms with Gasteiger partial charge in [-0.2, -0.15) is 13.2 Å². The van der Waals surface area contributed by atoms with Gasteiger partial charge < -0.3 is 10.1 Å². The molecule has 0 aliphatic carbocycles. The molecule has 8 heteroatoms. The van der Waals surface area contributed by atoms with E-state index < -0.39 is 41.0 Å². The highest BCUT2D eigenvalue weighted by Crippen LogP contribution is 2.32. The Morgan fingerprint density at radius 3 is 2.52 bits per heavy atom. The van der Waals surface area contributed by atoms with E-state index in [1.807, 2.05) is 6.92 Å². The Morgan fingerprint density at radius 2 is 1.96 bits per heavy atom. The van der Waals surface area contributed by atoms with Crippen LogP contribution in [0, 0.1) is 5.82 Å². The number of esters is 1. The molecule has 0 spiro atoms. The number of hydrogen-bond donors (Lipinski definition) is 1. The number of nitrogens with one attached hydrogen (secondary N) is 1. The Hall–Kier alpha value is -2.12. The van der Waals surface area contributed by atoms with Gasteiger partial charge in [-0.15, -0.1) is 0 Å². The summed E-state index contributed by atoms with van der Waals surface area (Å²) in [6.45, 7) is 3.36. The minimum Gasteiger partial charge on any atom is -0.464 e. The largest absolute Gasteiger partial charge is 0.464 e. The van der Waals surface area contributed by atoms with Crippen LogP contribution in [0.4, 0.5) is 17.6 Å². The Balaban J connectivity index is 2.84. The molecule has 1 amide bonds. The molecule has 1 atom stereocenters. The van der Waals surface area contributed by atoms with Gasteiger partial charge in [0.05, 0.1) is 17.7 Å². The first-order valence-corrected chi connectivity index (χ1v) is 7.01. The van der Waals surface area contributed by atoms with Gasteiger partial charge in [0.2, 0.25) is 0 Å². The summed E-state index contributed by atoms with van der Waals surface area (Å²) in [6.07, 6.45) is -3.44. The van der Waals surface area contributed by atoms with Crippen molar-refractivity contribution in [3.8, 4) is 0 Å². The van der Waals surface area contributed by atoms with Crippen LogP contribution in [0.2, 0.25) is 0 Å². The van der Waals surface area contributed by atoms with E-state index in [9.17, 15) is 27.2 Å². The smallest absolute Gasteiger partial charge is 0.417 e. The monoisotopic (exact) mass is 335 g/mol. The van der Waals surface area contributed by atoms with Crippen molar-refractivity contribution >= 4 is 11.9 Å². The number of carbonyl (C=O) groups excluding carboxylic acids is 2. The molecule has 0 aliphatic heterocycles. The lowest BCUT2D eigenvalue weighted by molar-refractivity contribution is -0.145. The SMILES string of the molecule is CCCCOC(=O)C(C)NC(=O)c1ccc(F)cc1C(F)(F)F. The number of halogens is 4. The summed E-state index contributed by atoms with van der Waals surface area (Å²) in [5, 5.41) is 2.12. The zero-order valence-corrected chi connectivity index (χ0v) is 12.7. The van der Waals surface area contributed by atoms with Crippen LogP contribution in [0.15, 0.2) is 18.2 Å². The van der Waals surface area contributed by atoms with Crippen LogP contribution in [0.25, 0.3) is 0 Å². The third kappa shape index (κ3) is 5.54. The molecule has 0 aliphatic rings. The Kier molecular flexibility index (Phi) is 6.53. The van der Waals surface area contributed by atoms with Crippen molar-refractivity contribution in [1.29, 1.82) is 0 Å². The van der Waals surface area contributed by atoms with E-state index in [0.29, 0.717) is 6.42 Å². The summed E-state index contributed by atoms with van der Waals surface area (Å²) < 4.78 is 56.4. The first-order valence-electron chi connectivity index (χ1n) is 7.01. The molecule has 128 valence electrons. The third-order valence-corrected chi connectivity index (χ3v) is 2.98. The molecule has 0 bridgehead atoms. The van der Waals surface area contributed by atoms with Crippen molar-refractivity contribution in [1.82, 2.24) is 5.32 Å². The lowest BCUT2D eigenvalue weighted by atomic mass is 10.1. The molecular formula is C15H17F4NO3. The van der Waals surface area contributed by atoms with E-state index in [0.717, 1.165) is 18.6 Å². The highest BCUT2D eigenvalue weighted by Gasteiger charge is 2.36. The van der Waals surface area contributed by atoms with Gasteiger partial charge in [0.15, 0.2) is 0 Å². The topological polar surface area (TPSA) is 55.4 Å². The quantitative estimate of drug-likeness (QED) is 0.493. The zero-order chi connectivity index (χ0) is 17.6.